The highest BCUT2D eigenvalue weighted by Crippen LogP contribution is 2.39. The van der Waals surface area contributed by atoms with Gasteiger partial charge in [-0.1, -0.05) is 97.6 Å². The first-order valence-corrected chi connectivity index (χ1v) is 16.8. The number of hydrogen-bond acceptors (Lipinski definition) is 4. The Morgan fingerprint density at radius 1 is 0.449 bits per heavy atom. The molecule has 1 aliphatic heterocycles. The highest BCUT2D eigenvalue weighted by molar-refractivity contribution is 6.62. The summed E-state index contributed by atoms with van der Waals surface area (Å²) in [5, 5.41) is 0. The fraction of sp³-hybridized carbons (Fsp3) is 0.136. The number of benzene rings is 6. The van der Waals surface area contributed by atoms with E-state index in [0.29, 0.717) is 0 Å². The smallest absolute Gasteiger partial charge is 0.399 e. The summed E-state index contributed by atoms with van der Waals surface area (Å²) in [4.78, 5) is 4.55. The van der Waals surface area contributed by atoms with E-state index in [9.17, 15) is 0 Å². The van der Waals surface area contributed by atoms with Crippen LogP contribution in [0.2, 0.25) is 0 Å². The largest absolute Gasteiger partial charge is 0.494 e. The monoisotopic (exact) mass is 640 g/mol. The van der Waals surface area contributed by atoms with Crippen molar-refractivity contribution < 1.29 is 9.31 Å². The van der Waals surface area contributed by atoms with Crippen molar-refractivity contribution >= 4 is 52.8 Å². The van der Waals surface area contributed by atoms with Gasteiger partial charge in [0.1, 0.15) is 0 Å². The van der Waals surface area contributed by atoms with Gasteiger partial charge in [-0.2, -0.15) is 0 Å². The molecule has 0 atom stereocenters. The maximum atomic E-state index is 6.31. The predicted octanol–water partition coefficient (Wildman–Crippen LogP) is 11.2. The molecule has 4 nitrogen and oxygen atoms in total. The maximum absolute atomic E-state index is 6.31. The zero-order valence-corrected chi connectivity index (χ0v) is 28.6. The molecule has 0 spiro atoms. The molecule has 242 valence electrons. The molecule has 0 saturated carbocycles. The van der Waals surface area contributed by atoms with Crippen molar-refractivity contribution in [2.24, 2.45) is 0 Å². The molecule has 6 aromatic carbocycles. The van der Waals surface area contributed by atoms with Crippen LogP contribution in [0.5, 0.6) is 0 Å². The summed E-state index contributed by atoms with van der Waals surface area (Å²) < 4.78 is 12.6. The Kier molecular flexibility index (Phi) is 8.72. The third-order valence-corrected chi connectivity index (χ3v) is 9.68. The van der Waals surface area contributed by atoms with E-state index in [-0.39, 0.29) is 11.2 Å². The molecule has 1 fully saturated rings. The van der Waals surface area contributed by atoms with Gasteiger partial charge in [0.15, 0.2) is 0 Å². The summed E-state index contributed by atoms with van der Waals surface area (Å²) in [6, 6.07) is 55.5. The van der Waals surface area contributed by atoms with Crippen molar-refractivity contribution in [1.82, 2.24) is 0 Å². The molecule has 0 amide bonds. The highest BCUT2D eigenvalue weighted by Gasteiger charge is 2.51. The fourth-order valence-electron chi connectivity index (χ4n) is 6.17. The SMILES string of the molecule is C=Cc1ccc(N(c2ccccc2)c2ccc(-c3ccc(N(c4ccccc4)c4ccc(B5OC(C)(C)C(C)(C)O5)cc4)cc3)cc2)cc1. The van der Waals surface area contributed by atoms with Crippen LogP contribution in [0.15, 0.2) is 164 Å². The van der Waals surface area contributed by atoms with Crippen molar-refractivity contribution in [2.45, 2.75) is 38.9 Å². The number of para-hydroxylation sites is 2. The molecule has 5 heteroatoms. The minimum atomic E-state index is -0.396. The van der Waals surface area contributed by atoms with Gasteiger partial charge in [-0.3, -0.25) is 0 Å². The molecular weight excluding hydrogens is 599 g/mol. The predicted molar refractivity (Wildman–Crippen MR) is 207 cm³/mol. The van der Waals surface area contributed by atoms with E-state index in [1.165, 1.54) is 0 Å². The van der Waals surface area contributed by atoms with Crippen LogP contribution in [0, 0.1) is 0 Å². The Morgan fingerprint density at radius 2 is 0.776 bits per heavy atom. The molecule has 7 rings (SSSR count). The molecule has 0 aliphatic carbocycles. The standard InChI is InChI=1S/C44H41BN2O2/c1-6-33-17-25-39(26-18-33)46(37-13-9-7-10-14-37)40-27-19-34(20-28-40)35-21-29-41(30-22-35)47(38-15-11-8-12-16-38)42-31-23-36(24-32-42)45-48-43(2,3)44(4,5)49-45/h6-32H,1H2,2-5H3. The minimum absolute atomic E-state index is 0.381. The molecule has 6 aromatic rings. The number of anilines is 6. The second-order valence-corrected chi connectivity index (χ2v) is 13.4. The summed E-state index contributed by atoms with van der Waals surface area (Å²) in [6.07, 6.45) is 1.87. The first-order chi connectivity index (χ1) is 23.7. The summed E-state index contributed by atoms with van der Waals surface area (Å²) in [7, 11) is -0.396. The Balaban J connectivity index is 1.16. The van der Waals surface area contributed by atoms with E-state index in [2.05, 4.69) is 190 Å². The van der Waals surface area contributed by atoms with E-state index in [4.69, 9.17) is 9.31 Å². The van der Waals surface area contributed by atoms with Gasteiger partial charge in [-0.25, -0.2) is 0 Å². The maximum Gasteiger partial charge on any atom is 0.494 e. The average Bonchev–Trinajstić information content (AvgIpc) is 3.36. The molecule has 1 heterocycles. The molecule has 0 radical (unpaired) electrons. The number of rotatable bonds is 9. The Morgan fingerprint density at radius 3 is 1.14 bits per heavy atom. The molecule has 49 heavy (non-hydrogen) atoms. The van der Waals surface area contributed by atoms with Gasteiger partial charge in [-0.05, 0) is 123 Å². The summed E-state index contributed by atoms with van der Waals surface area (Å²) in [5.41, 5.74) is 10.2. The van der Waals surface area contributed by atoms with E-state index in [0.717, 1.165) is 56.3 Å². The first kappa shape index (κ1) is 32.2. The normalized spacial score (nSPS) is 14.7. The van der Waals surface area contributed by atoms with Crippen LogP contribution in [-0.4, -0.2) is 18.3 Å². The lowest BCUT2D eigenvalue weighted by molar-refractivity contribution is 0.00578. The number of nitrogens with zero attached hydrogens (tertiary/aromatic N) is 2. The van der Waals surface area contributed by atoms with Crippen LogP contribution < -0.4 is 15.3 Å². The molecular formula is C44H41BN2O2. The van der Waals surface area contributed by atoms with E-state index in [1.807, 2.05) is 18.2 Å². The lowest BCUT2D eigenvalue weighted by atomic mass is 9.79. The molecule has 0 N–H and O–H groups in total. The lowest BCUT2D eigenvalue weighted by Crippen LogP contribution is -2.41. The molecule has 0 unspecified atom stereocenters. The van der Waals surface area contributed by atoms with Crippen molar-refractivity contribution in [3.05, 3.63) is 170 Å². The molecule has 1 aliphatic rings. The third kappa shape index (κ3) is 6.56. The summed E-state index contributed by atoms with van der Waals surface area (Å²) in [5.74, 6) is 0. The zero-order valence-electron chi connectivity index (χ0n) is 28.6. The zero-order chi connectivity index (χ0) is 34.0. The van der Waals surface area contributed by atoms with Gasteiger partial charge in [0.25, 0.3) is 0 Å². The number of hydrogen-bond donors (Lipinski definition) is 0. The second kappa shape index (κ2) is 13.3. The van der Waals surface area contributed by atoms with Crippen LogP contribution in [0.4, 0.5) is 34.1 Å². The topological polar surface area (TPSA) is 24.9 Å². The van der Waals surface area contributed by atoms with Crippen LogP contribution >= 0.6 is 0 Å². The fourth-order valence-corrected chi connectivity index (χ4v) is 6.17. The quantitative estimate of drug-likeness (QED) is 0.147. The second-order valence-electron chi connectivity index (χ2n) is 13.4. The van der Waals surface area contributed by atoms with Gasteiger partial charge in [0, 0.05) is 34.1 Å². The van der Waals surface area contributed by atoms with Gasteiger partial charge in [0.2, 0.25) is 0 Å². The van der Waals surface area contributed by atoms with E-state index in [1.54, 1.807) is 0 Å². The summed E-state index contributed by atoms with van der Waals surface area (Å²) >= 11 is 0. The lowest BCUT2D eigenvalue weighted by Gasteiger charge is -2.32. The van der Waals surface area contributed by atoms with Crippen LogP contribution in [0.3, 0.4) is 0 Å². The Labute approximate surface area is 291 Å². The Bertz CT molecular complexity index is 1990. The third-order valence-electron chi connectivity index (χ3n) is 9.68. The van der Waals surface area contributed by atoms with Crippen LogP contribution in [0.25, 0.3) is 17.2 Å². The molecule has 0 aromatic heterocycles. The highest BCUT2D eigenvalue weighted by atomic mass is 16.7. The van der Waals surface area contributed by atoms with Gasteiger partial charge in [-0.15, -0.1) is 0 Å². The van der Waals surface area contributed by atoms with E-state index >= 15 is 0 Å². The van der Waals surface area contributed by atoms with Gasteiger partial charge in [0.05, 0.1) is 11.2 Å². The van der Waals surface area contributed by atoms with Gasteiger partial charge < -0.3 is 19.1 Å². The summed E-state index contributed by atoms with van der Waals surface area (Å²) in [6.45, 7) is 12.2. The Hall–Kier alpha value is -5.36. The van der Waals surface area contributed by atoms with Crippen LogP contribution in [-0.2, 0) is 9.31 Å². The molecule has 1 saturated heterocycles. The van der Waals surface area contributed by atoms with Gasteiger partial charge >= 0.3 is 7.12 Å². The van der Waals surface area contributed by atoms with E-state index < -0.39 is 7.12 Å². The van der Waals surface area contributed by atoms with Crippen molar-refractivity contribution in [1.29, 1.82) is 0 Å². The minimum Gasteiger partial charge on any atom is -0.399 e. The van der Waals surface area contributed by atoms with Crippen LogP contribution in [0.1, 0.15) is 33.3 Å². The average molecular weight is 641 g/mol. The van der Waals surface area contributed by atoms with Crippen molar-refractivity contribution in [3.63, 3.8) is 0 Å². The molecule has 0 bridgehead atoms. The first-order valence-electron chi connectivity index (χ1n) is 16.8. The van der Waals surface area contributed by atoms with Crippen molar-refractivity contribution in [3.8, 4) is 11.1 Å². The van der Waals surface area contributed by atoms with Crippen molar-refractivity contribution in [2.75, 3.05) is 9.80 Å².